The van der Waals surface area contributed by atoms with Crippen molar-refractivity contribution in [1.82, 2.24) is 15.6 Å². The van der Waals surface area contributed by atoms with Gasteiger partial charge < -0.3 is 24.8 Å². The van der Waals surface area contributed by atoms with E-state index < -0.39 is 0 Å². The molecule has 1 heterocycles. The molecule has 8 heteroatoms. The highest BCUT2D eigenvalue weighted by atomic mass is 32.1. The quantitative estimate of drug-likeness (QED) is 0.386. The van der Waals surface area contributed by atoms with Crippen LogP contribution in [0.5, 0.6) is 17.2 Å². The molecule has 3 rings (SSSR count). The molecule has 0 amide bonds. The van der Waals surface area contributed by atoms with Gasteiger partial charge in [-0.3, -0.25) is 0 Å². The van der Waals surface area contributed by atoms with Crippen molar-refractivity contribution in [3.63, 3.8) is 0 Å². The molecule has 0 bridgehead atoms. The van der Waals surface area contributed by atoms with Gasteiger partial charge in [-0.25, -0.2) is 9.98 Å². The molecule has 164 valence electrons. The van der Waals surface area contributed by atoms with Gasteiger partial charge in [0.25, 0.3) is 0 Å². The number of ether oxygens (including phenoxy) is 3. The highest BCUT2D eigenvalue weighted by molar-refractivity contribution is 7.09. The summed E-state index contributed by atoms with van der Waals surface area (Å²) < 4.78 is 16.2. The van der Waals surface area contributed by atoms with Gasteiger partial charge in [-0.15, -0.1) is 11.3 Å². The predicted molar refractivity (Wildman–Crippen MR) is 125 cm³/mol. The van der Waals surface area contributed by atoms with Gasteiger partial charge in [-0.05, 0) is 24.6 Å². The van der Waals surface area contributed by atoms with E-state index in [1.807, 2.05) is 37.3 Å². The Bertz CT molecular complexity index is 980. The summed E-state index contributed by atoms with van der Waals surface area (Å²) in [6.07, 6.45) is 0. The third-order valence-electron chi connectivity index (χ3n) is 4.52. The monoisotopic (exact) mass is 440 g/mol. The Kier molecular flexibility index (Phi) is 8.12. The summed E-state index contributed by atoms with van der Waals surface area (Å²) in [7, 11) is 4.80. The van der Waals surface area contributed by atoms with E-state index in [0.29, 0.717) is 36.3 Å². The second-order valence-electron chi connectivity index (χ2n) is 6.57. The summed E-state index contributed by atoms with van der Waals surface area (Å²) in [5, 5.41) is 9.69. The van der Waals surface area contributed by atoms with E-state index in [2.05, 4.69) is 33.1 Å². The fourth-order valence-corrected chi connectivity index (χ4v) is 3.77. The average Bonchev–Trinajstić information content (AvgIpc) is 3.29. The molecule has 1 aromatic heterocycles. The topological polar surface area (TPSA) is 77.0 Å². The van der Waals surface area contributed by atoms with Crippen molar-refractivity contribution in [2.75, 3.05) is 27.9 Å². The molecular weight excluding hydrogens is 412 g/mol. The molecule has 0 aliphatic heterocycles. The predicted octanol–water partition coefficient (Wildman–Crippen LogP) is 4.09. The fraction of sp³-hybridized carbons (Fsp3) is 0.304. The molecule has 3 aromatic rings. The number of hydrogen-bond donors (Lipinski definition) is 2. The first kappa shape index (κ1) is 22.4. The van der Waals surface area contributed by atoms with Crippen LogP contribution in [0.4, 0.5) is 0 Å². The first-order chi connectivity index (χ1) is 15.2. The first-order valence-electron chi connectivity index (χ1n) is 9.99. The number of aromatic nitrogens is 1. The van der Waals surface area contributed by atoms with E-state index in [1.165, 1.54) is 0 Å². The lowest BCUT2D eigenvalue weighted by Gasteiger charge is -2.14. The van der Waals surface area contributed by atoms with Crippen molar-refractivity contribution in [1.29, 1.82) is 0 Å². The molecule has 0 unspecified atom stereocenters. The molecule has 0 aliphatic rings. The molecule has 2 N–H and O–H groups in total. The molecule has 0 spiro atoms. The van der Waals surface area contributed by atoms with E-state index >= 15 is 0 Å². The first-order valence-corrected chi connectivity index (χ1v) is 10.9. The third kappa shape index (κ3) is 5.88. The highest BCUT2D eigenvalue weighted by Gasteiger charge is 2.13. The van der Waals surface area contributed by atoms with Gasteiger partial charge in [0, 0.05) is 17.5 Å². The number of hydrogen-bond acceptors (Lipinski definition) is 6. The Morgan fingerprint density at radius 1 is 1.00 bits per heavy atom. The molecule has 7 nitrogen and oxygen atoms in total. The van der Waals surface area contributed by atoms with Gasteiger partial charge in [0.2, 0.25) is 5.75 Å². The molecule has 0 aliphatic carbocycles. The van der Waals surface area contributed by atoms with Crippen LogP contribution >= 0.6 is 11.3 Å². The summed E-state index contributed by atoms with van der Waals surface area (Å²) in [5.41, 5.74) is 3.06. The Morgan fingerprint density at radius 3 is 2.32 bits per heavy atom. The van der Waals surface area contributed by atoms with Crippen LogP contribution < -0.4 is 24.8 Å². The molecule has 0 saturated carbocycles. The average molecular weight is 441 g/mol. The zero-order valence-corrected chi connectivity index (χ0v) is 19.1. The molecule has 2 aromatic carbocycles. The highest BCUT2D eigenvalue weighted by Crippen LogP contribution is 2.38. The molecule has 0 saturated heterocycles. The minimum atomic E-state index is 0.458. The van der Waals surface area contributed by atoms with Crippen LogP contribution in [0.25, 0.3) is 11.3 Å². The zero-order valence-electron chi connectivity index (χ0n) is 18.3. The summed E-state index contributed by atoms with van der Waals surface area (Å²) in [6.45, 7) is 3.85. The normalized spacial score (nSPS) is 11.2. The van der Waals surface area contributed by atoms with Crippen LogP contribution in [-0.4, -0.2) is 38.8 Å². The number of guanidine groups is 1. The largest absolute Gasteiger partial charge is 0.493 e. The number of benzene rings is 2. The van der Waals surface area contributed by atoms with E-state index in [0.717, 1.165) is 28.4 Å². The molecule has 0 radical (unpaired) electrons. The van der Waals surface area contributed by atoms with Gasteiger partial charge in [-0.2, -0.15) is 0 Å². The minimum Gasteiger partial charge on any atom is -0.493 e. The van der Waals surface area contributed by atoms with Crippen LogP contribution in [0, 0.1) is 0 Å². The Morgan fingerprint density at radius 2 is 1.71 bits per heavy atom. The molecule has 0 atom stereocenters. The maximum atomic E-state index is 5.43. The SMILES string of the molecule is CCNC(=NCc1cc(OC)c(OC)c(OC)c1)NCc1nc(-c2ccccc2)cs1. The Hall–Kier alpha value is -3.26. The van der Waals surface area contributed by atoms with E-state index in [-0.39, 0.29) is 0 Å². The minimum absolute atomic E-state index is 0.458. The van der Waals surface area contributed by atoms with Crippen LogP contribution in [0.1, 0.15) is 17.5 Å². The van der Waals surface area contributed by atoms with Crippen LogP contribution in [0.3, 0.4) is 0 Å². The fourth-order valence-electron chi connectivity index (χ4n) is 3.03. The zero-order chi connectivity index (χ0) is 22.1. The van der Waals surface area contributed by atoms with Crippen molar-refractivity contribution in [3.8, 4) is 28.5 Å². The number of methoxy groups -OCH3 is 3. The maximum Gasteiger partial charge on any atom is 0.203 e. The third-order valence-corrected chi connectivity index (χ3v) is 5.37. The van der Waals surface area contributed by atoms with Gasteiger partial charge in [0.15, 0.2) is 17.5 Å². The standard InChI is InChI=1S/C23H28N4O3S/c1-5-24-23(25-13-16-11-19(28-2)22(30-4)20(12-16)29-3)26-14-21-27-18(15-31-21)17-9-7-6-8-10-17/h6-12,15H,5,13-14H2,1-4H3,(H2,24,25,26). The molecular formula is C23H28N4O3S. The van der Waals surface area contributed by atoms with Gasteiger partial charge in [0.1, 0.15) is 5.01 Å². The Labute approximate surface area is 187 Å². The van der Waals surface area contributed by atoms with Crippen molar-refractivity contribution in [3.05, 3.63) is 58.4 Å². The Balaban J connectivity index is 1.69. The molecule has 0 fully saturated rings. The second kappa shape index (κ2) is 11.2. The maximum absolute atomic E-state index is 5.43. The lowest BCUT2D eigenvalue weighted by molar-refractivity contribution is 0.324. The summed E-state index contributed by atoms with van der Waals surface area (Å²) in [4.78, 5) is 9.41. The lowest BCUT2D eigenvalue weighted by atomic mass is 10.2. The van der Waals surface area contributed by atoms with Gasteiger partial charge >= 0.3 is 0 Å². The number of nitrogens with zero attached hydrogens (tertiary/aromatic N) is 2. The van der Waals surface area contributed by atoms with Crippen molar-refractivity contribution in [2.45, 2.75) is 20.0 Å². The van der Waals surface area contributed by atoms with E-state index in [4.69, 9.17) is 19.2 Å². The van der Waals surface area contributed by atoms with Crippen molar-refractivity contribution >= 4 is 17.3 Å². The summed E-state index contributed by atoms with van der Waals surface area (Å²) >= 11 is 1.63. The second-order valence-corrected chi connectivity index (χ2v) is 7.52. The molecule has 31 heavy (non-hydrogen) atoms. The number of nitrogens with one attached hydrogen (secondary N) is 2. The van der Waals surface area contributed by atoms with E-state index in [1.54, 1.807) is 32.7 Å². The summed E-state index contributed by atoms with van der Waals surface area (Å²) in [5.74, 6) is 2.51. The van der Waals surface area contributed by atoms with Crippen molar-refractivity contribution in [2.24, 2.45) is 4.99 Å². The van der Waals surface area contributed by atoms with Crippen LogP contribution in [0.2, 0.25) is 0 Å². The van der Waals surface area contributed by atoms with Gasteiger partial charge in [-0.1, -0.05) is 30.3 Å². The lowest BCUT2D eigenvalue weighted by Crippen LogP contribution is -2.36. The van der Waals surface area contributed by atoms with E-state index in [9.17, 15) is 0 Å². The van der Waals surface area contributed by atoms with Crippen molar-refractivity contribution < 1.29 is 14.2 Å². The number of aliphatic imine (C=N–C) groups is 1. The van der Waals surface area contributed by atoms with Crippen LogP contribution in [-0.2, 0) is 13.1 Å². The number of thiazole rings is 1. The smallest absolute Gasteiger partial charge is 0.203 e. The summed E-state index contributed by atoms with van der Waals surface area (Å²) in [6, 6.07) is 14.0. The van der Waals surface area contributed by atoms with Crippen LogP contribution in [0.15, 0.2) is 52.8 Å². The number of rotatable bonds is 9. The van der Waals surface area contributed by atoms with Gasteiger partial charge in [0.05, 0.1) is 40.1 Å².